The SMILES string of the molecule is CCNC(CCc1ccc(OC)cc1)c1cccs1. The van der Waals surface area contributed by atoms with Crippen molar-refractivity contribution in [2.75, 3.05) is 13.7 Å². The number of ether oxygens (including phenoxy) is 1. The Morgan fingerprint density at radius 2 is 2.00 bits per heavy atom. The Labute approximate surface area is 119 Å². The molecule has 0 aliphatic carbocycles. The molecule has 0 saturated heterocycles. The summed E-state index contributed by atoms with van der Waals surface area (Å²) in [5.74, 6) is 0.922. The van der Waals surface area contributed by atoms with Gasteiger partial charge in [0.2, 0.25) is 0 Å². The van der Waals surface area contributed by atoms with Crippen LogP contribution in [0.4, 0.5) is 0 Å². The molecule has 0 aliphatic rings. The van der Waals surface area contributed by atoms with Gasteiger partial charge in [0.1, 0.15) is 5.75 Å². The molecule has 2 aromatic rings. The van der Waals surface area contributed by atoms with Gasteiger partial charge in [0.05, 0.1) is 7.11 Å². The Morgan fingerprint density at radius 1 is 1.21 bits per heavy atom. The molecule has 0 spiro atoms. The lowest BCUT2D eigenvalue weighted by Crippen LogP contribution is -2.20. The number of methoxy groups -OCH3 is 1. The third kappa shape index (κ3) is 4.08. The molecule has 0 aliphatic heterocycles. The minimum atomic E-state index is 0.465. The number of hydrogen-bond donors (Lipinski definition) is 1. The quantitative estimate of drug-likeness (QED) is 0.823. The number of aryl methyl sites for hydroxylation is 1. The lowest BCUT2D eigenvalue weighted by atomic mass is 10.0. The summed E-state index contributed by atoms with van der Waals surface area (Å²) in [5.41, 5.74) is 1.36. The van der Waals surface area contributed by atoms with Crippen LogP contribution in [-0.2, 0) is 6.42 Å². The molecule has 2 rings (SSSR count). The van der Waals surface area contributed by atoms with E-state index in [1.165, 1.54) is 10.4 Å². The van der Waals surface area contributed by atoms with Crippen LogP contribution in [0.5, 0.6) is 5.75 Å². The number of benzene rings is 1. The van der Waals surface area contributed by atoms with Gasteiger partial charge in [-0.3, -0.25) is 0 Å². The molecule has 0 saturated carbocycles. The second kappa shape index (κ2) is 7.31. The molecular weight excluding hydrogens is 254 g/mol. The average molecular weight is 275 g/mol. The highest BCUT2D eigenvalue weighted by atomic mass is 32.1. The number of nitrogens with one attached hydrogen (secondary N) is 1. The minimum Gasteiger partial charge on any atom is -0.497 e. The van der Waals surface area contributed by atoms with Gasteiger partial charge in [-0.15, -0.1) is 11.3 Å². The van der Waals surface area contributed by atoms with E-state index in [1.54, 1.807) is 7.11 Å². The Kier molecular flexibility index (Phi) is 5.43. The van der Waals surface area contributed by atoms with Crippen LogP contribution < -0.4 is 10.1 Å². The van der Waals surface area contributed by atoms with Crippen molar-refractivity contribution in [2.24, 2.45) is 0 Å². The van der Waals surface area contributed by atoms with E-state index < -0.39 is 0 Å². The van der Waals surface area contributed by atoms with Crippen LogP contribution in [0, 0.1) is 0 Å². The average Bonchev–Trinajstić information content (AvgIpc) is 2.98. The standard InChI is InChI=1S/C16H21NOS/c1-3-17-15(16-5-4-12-19-16)11-8-13-6-9-14(18-2)10-7-13/h4-7,9-10,12,15,17H,3,8,11H2,1-2H3. The first-order valence-corrected chi connectivity index (χ1v) is 7.61. The van der Waals surface area contributed by atoms with Crippen LogP contribution in [0.15, 0.2) is 41.8 Å². The van der Waals surface area contributed by atoms with E-state index in [2.05, 4.69) is 41.9 Å². The van der Waals surface area contributed by atoms with Gasteiger partial charge in [-0.2, -0.15) is 0 Å². The molecule has 0 amide bonds. The van der Waals surface area contributed by atoms with Gasteiger partial charge >= 0.3 is 0 Å². The smallest absolute Gasteiger partial charge is 0.118 e. The Bertz CT molecular complexity index is 464. The van der Waals surface area contributed by atoms with Gasteiger partial charge < -0.3 is 10.1 Å². The summed E-state index contributed by atoms with van der Waals surface area (Å²) in [6.07, 6.45) is 2.21. The molecule has 0 fully saturated rings. The Morgan fingerprint density at radius 3 is 2.58 bits per heavy atom. The zero-order valence-electron chi connectivity index (χ0n) is 11.6. The van der Waals surface area contributed by atoms with Gasteiger partial charge in [-0.05, 0) is 48.5 Å². The third-order valence-electron chi connectivity index (χ3n) is 3.22. The number of rotatable bonds is 7. The first-order chi connectivity index (χ1) is 9.33. The van der Waals surface area contributed by atoms with E-state index in [-0.39, 0.29) is 0 Å². The van der Waals surface area contributed by atoms with E-state index in [0.717, 1.165) is 25.1 Å². The second-order valence-electron chi connectivity index (χ2n) is 4.51. The van der Waals surface area contributed by atoms with E-state index >= 15 is 0 Å². The lowest BCUT2D eigenvalue weighted by Gasteiger charge is -2.16. The maximum Gasteiger partial charge on any atom is 0.118 e. The molecule has 2 nitrogen and oxygen atoms in total. The molecule has 0 bridgehead atoms. The molecule has 102 valence electrons. The monoisotopic (exact) mass is 275 g/mol. The van der Waals surface area contributed by atoms with Crippen molar-refractivity contribution in [1.29, 1.82) is 0 Å². The predicted molar refractivity (Wildman–Crippen MR) is 82.1 cm³/mol. The lowest BCUT2D eigenvalue weighted by molar-refractivity contribution is 0.414. The van der Waals surface area contributed by atoms with E-state index in [4.69, 9.17) is 4.74 Å². The van der Waals surface area contributed by atoms with Crippen molar-refractivity contribution in [3.63, 3.8) is 0 Å². The highest BCUT2D eigenvalue weighted by Crippen LogP contribution is 2.24. The summed E-state index contributed by atoms with van der Waals surface area (Å²) in [5, 5.41) is 5.71. The van der Waals surface area contributed by atoms with Crippen molar-refractivity contribution in [1.82, 2.24) is 5.32 Å². The third-order valence-corrected chi connectivity index (χ3v) is 4.20. The summed E-state index contributed by atoms with van der Waals surface area (Å²) in [6.45, 7) is 3.17. The van der Waals surface area contributed by atoms with Crippen LogP contribution >= 0.6 is 11.3 Å². The van der Waals surface area contributed by atoms with Crippen molar-refractivity contribution < 1.29 is 4.74 Å². The summed E-state index contributed by atoms with van der Waals surface area (Å²) >= 11 is 1.83. The van der Waals surface area contributed by atoms with Gasteiger partial charge in [0.25, 0.3) is 0 Å². The fourth-order valence-corrected chi connectivity index (χ4v) is 3.02. The van der Waals surface area contributed by atoms with Gasteiger partial charge in [0.15, 0.2) is 0 Å². The fourth-order valence-electron chi connectivity index (χ4n) is 2.18. The van der Waals surface area contributed by atoms with Crippen molar-refractivity contribution in [3.8, 4) is 5.75 Å². The summed E-state index contributed by atoms with van der Waals surface area (Å²) < 4.78 is 5.18. The molecule has 19 heavy (non-hydrogen) atoms. The summed E-state index contributed by atoms with van der Waals surface area (Å²) in [7, 11) is 1.70. The van der Waals surface area contributed by atoms with Gasteiger partial charge in [0, 0.05) is 10.9 Å². The zero-order chi connectivity index (χ0) is 13.5. The van der Waals surface area contributed by atoms with E-state index in [1.807, 2.05) is 23.5 Å². The van der Waals surface area contributed by atoms with Crippen molar-refractivity contribution in [2.45, 2.75) is 25.8 Å². The zero-order valence-corrected chi connectivity index (χ0v) is 12.4. The van der Waals surface area contributed by atoms with Crippen LogP contribution in [-0.4, -0.2) is 13.7 Å². The molecule has 1 heterocycles. The summed E-state index contributed by atoms with van der Waals surface area (Å²) in [4.78, 5) is 1.43. The van der Waals surface area contributed by atoms with E-state index in [9.17, 15) is 0 Å². The largest absolute Gasteiger partial charge is 0.497 e. The van der Waals surface area contributed by atoms with Crippen LogP contribution in [0.3, 0.4) is 0 Å². The number of hydrogen-bond acceptors (Lipinski definition) is 3. The topological polar surface area (TPSA) is 21.3 Å². The van der Waals surface area contributed by atoms with Crippen LogP contribution in [0.1, 0.15) is 29.8 Å². The maximum atomic E-state index is 5.18. The normalized spacial score (nSPS) is 12.3. The molecule has 1 atom stereocenters. The highest BCUT2D eigenvalue weighted by molar-refractivity contribution is 7.10. The van der Waals surface area contributed by atoms with Crippen LogP contribution in [0.25, 0.3) is 0 Å². The van der Waals surface area contributed by atoms with Gasteiger partial charge in [-0.25, -0.2) is 0 Å². The van der Waals surface area contributed by atoms with Crippen LogP contribution in [0.2, 0.25) is 0 Å². The number of thiophene rings is 1. The van der Waals surface area contributed by atoms with Gasteiger partial charge in [-0.1, -0.05) is 25.1 Å². The van der Waals surface area contributed by atoms with E-state index in [0.29, 0.717) is 6.04 Å². The molecule has 1 aromatic carbocycles. The first kappa shape index (κ1) is 14.1. The maximum absolute atomic E-state index is 5.18. The van der Waals surface area contributed by atoms with Crippen molar-refractivity contribution in [3.05, 3.63) is 52.2 Å². The first-order valence-electron chi connectivity index (χ1n) is 6.73. The molecular formula is C16H21NOS. The molecule has 3 heteroatoms. The minimum absolute atomic E-state index is 0.465. The molecule has 1 unspecified atom stereocenters. The summed E-state index contributed by atoms with van der Waals surface area (Å²) in [6, 6.07) is 13.2. The highest BCUT2D eigenvalue weighted by Gasteiger charge is 2.11. The molecule has 0 radical (unpaired) electrons. The Hall–Kier alpha value is -1.32. The molecule has 1 N–H and O–H groups in total. The Balaban J connectivity index is 1.94. The second-order valence-corrected chi connectivity index (χ2v) is 5.49. The van der Waals surface area contributed by atoms with Crippen molar-refractivity contribution >= 4 is 11.3 Å². The fraction of sp³-hybridized carbons (Fsp3) is 0.375. The molecule has 1 aromatic heterocycles. The predicted octanol–water partition coefficient (Wildman–Crippen LogP) is 4.04.